The molecule has 2 aromatic rings. The summed E-state index contributed by atoms with van der Waals surface area (Å²) >= 11 is 1.58. The van der Waals surface area contributed by atoms with Crippen LogP contribution in [0.3, 0.4) is 0 Å². The van der Waals surface area contributed by atoms with Gasteiger partial charge in [0.1, 0.15) is 5.82 Å². The average Bonchev–Trinajstić information content (AvgIpc) is 3.14. The summed E-state index contributed by atoms with van der Waals surface area (Å²) in [5, 5.41) is 5.02. The average molecular weight is 372 g/mol. The van der Waals surface area contributed by atoms with Crippen LogP contribution in [0.5, 0.6) is 0 Å². The summed E-state index contributed by atoms with van der Waals surface area (Å²) in [4.78, 5) is 27.1. The third-order valence-electron chi connectivity index (χ3n) is 4.37. The van der Waals surface area contributed by atoms with Crippen molar-refractivity contribution in [2.75, 3.05) is 13.1 Å². The zero-order valence-corrected chi connectivity index (χ0v) is 15.2. The molecule has 0 bridgehead atoms. The monoisotopic (exact) mass is 372 g/mol. The number of likely N-dealkylation sites (tertiary alicyclic amines) is 1. The van der Waals surface area contributed by atoms with Gasteiger partial charge in [0.25, 0.3) is 0 Å². The molecule has 0 saturated carbocycles. The van der Waals surface area contributed by atoms with Crippen LogP contribution in [0.25, 0.3) is 6.08 Å². The molecule has 0 aliphatic carbocycles. The fourth-order valence-corrected chi connectivity index (χ4v) is 3.64. The zero-order chi connectivity index (χ0) is 18.4. The van der Waals surface area contributed by atoms with Gasteiger partial charge in [-0.2, -0.15) is 0 Å². The Morgan fingerprint density at radius 3 is 2.58 bits per heavy atom. The number of nitrogens with one attached hydrogen (secondary N) is 1. The molecular formula is C20H21FN2O2S. The van der Waals surface area contributed by atoms with Crippen LogP contribution in [-0.2, 0) is 16.0 Å². The Hall–Kier alpha value is -2.47. The predicted molar refractivity (Wildman–Crippen MR) is 101 cm³/mol. The van der Waals surface area contributed by atoms with Gasteiger partial charge in [0.2, 0.25) is 11.8 Å². The van der Waals surface area contributed by atoms with Gasteiger partial charge in [-0.15, -0.1) is 11.3 Å². The molecule has 26 heavy (non-hydrogen) atoms. The molecule has 0 atom stereocenters. The Morgan fingerprint density at radius 1 is 1.19 bits per heavy atom. The summed E-state index contributed by atoms with van der Waals surface area (Å²) in [6.45, 7) is 1.24. The van der Waals surface area contributed by atoms with Crippen LogP contribution in [0, 0.1) is 5.82 Å². The van der Waals surface area contributed by atoms with Gasteiger partial charge < -0.3 is 10.2 Å². The fraction of sp³-hybridized carbons (Fsp3) is 0.300. The van der Waals surface area contributed by atoms with Crippen LogP contribution in [0.4, 0.5) is 4.39 Å². The molecule has 0 radical (unpaired) electrons. The first kappa shape index (κ1) is 18.3. The molecule has 3 rings (SSSR count). The zero-order valence-electron chi connectivity index (χ0n) is 14.4. The number of halogens is 1. The summed E-state index contributed by atoms with van der Waals surface area (Å²) in [6.07, 6.45) is 5.13. The number of carbonyl (C=O) groups excluding carboxylic acids is 2. The minimum Gasteiger partial charge on any atom is -0.353 e. The van der Waals surface area contributed by atoms with Crippen LogP contribution >= 0.6 is 11.3 Å². The van der Waals surface area contributed by atoms with Crippen molar-refractivity contribution in [3.05, 3.63) is 64.1 Å². The van der Waals surface area contributed by atoms with Crippen molar-refractivity contribution in [1.82, 2.24) is 10.2 Å². The second-order valence-corrected chi connectivity index (χ2v) is 7.34. The van der Waals surface area contributed by atoms with E-state index in [-0.39, 0.29) is 23.7 Å². The van der Waals surface area contributed by atoms with Gasteiger partial charge >= 0.3 is 0 Å². The lowest BCUT2D eigenvalue weighted by atomic mass is 10.0. The van der Waals surface area contributed by atoms with Gasteiger partial charge in [-0.25, -0.2) is 4.39 Å². The van der Waals surface area contributed by atoms with Crippen LogP contribution in [0.1, 0.15) is 23.3 Å². The lowest BCUT2D eigenvalue weighted by Crippen LogP contribution is -2.46. The van der Waals surface area contributed by atoms with Gasteiger partial charge in [-0.3, -0.25) is 9.59 Å². The minimum atomic E-state index is -0.295. The number of nitrogens with zero attached hydrogens (tertiary/aromatic N) is 1. The number of thiophene rings is 1. The van der Waals surface area contributed by atoms with Crippen molar-refractivity contribution in [2.24, 2.45) is 0 Å². The minimum absolute atomic E-state index is 0.0356. The van der Waals surface area contributed by atoms with Crippen LogP contribution in [0.2, 0.25) is 0 Å². The molecule has 1 aromatic heterocycles. The topological polar surface area (TPSA) is 49.4 Å². The first-order chi connectivity index (χ1) is 12.6. The summed E-state index contributed by atoms with van der Waals surface area (Å²) in [6, 6.07) is 10.0. The number of hydrogen-bond donors (Lipinski definition) is 1. The molecule has 136 valence electrons. The number of amides is 2. The van der Waals surface area contributed by atoms with Crippen molar-refractivity contribution in [3.8, 4) is 0 Å². The molecular weight excluding hydrogens is 351 g/mol. The maximum absolute atomic E-state index is 12.9. The highest BCUT2D eigenvalue weighted by Crippen LogP contribution is 2.13. The Morgan fingerprint density at radius 2 is 1.92 bits per heavy atom. The Kier molecular flexibility index (Phi) is 6.17. The molecule has 1 aliphatic heterocycles. The SMILES string of the molecule is O=C(Cc1cccs1)NC1CCN(C(=O)/C=C/c2ccc(F)cc2)CC1. The maximum atomic E-state index is 12.9. The van der Waals surface area contributed by atoms with E-state index in [0.717, 1.165) is 23.3 Å². The van der Waals surface area contributed by atoms with Gasteiger partial charge in [-0.1, -0.05) is 18.2 Å². The first-order valence-corrected chi connectivity index (χ1v) is 9.52. The van der Waals surface area contributed by atoms with Gasteiger partial charge in [0.15, 0.2) is 0 Å². The number of benzene rings is 1. The molecule has 0 spiro atoms. The molecule has 4 nitrogen and oxygen atoms in total. The molecule has 2 amide bonds. The number of hydrogen-bond acceptors (Lipinski definition) is 3. The van der Waals surface area contributed by atoms with Gasteiger partial charge in [0.05, 0.1) is 6.42 Å². The molecule has 2 heterocycles. The first-order valence-electron chi connectivity index (χ1n) is 8.64. The van der Waals surface area contributed by atoms with Gasteiger partial charge in [0, 0.05) is 30.1 Å². The normalized spacial score (nSPS) is 15.3. The third kappa shape index (κ3) is 5.26. The summed E-state index contributed by atoms with van der Waals surface area (Å²) in [7, 11) is 0. The van der Waals surface area contributed by atoms with E-state index in [2.05, 4.69) is 5.32 Å². The highest BCUT2D eigenvalue weighted by molar-refractivity contribution is 7.10. The molecule has 1 aliphatic rings. The van der Waals surface area contributed by atoms with Gasteiger partial charge in [-0.05, 0) is 48.1 Å². The Balaban J connectivity index is 1.43. The molecule has 6 heteroatoms. The van der Waals surface area contributed by atoms with Crippen molar-refractivity contribution in [2.45, 2.75) is 25.3 Å². The van der Waals surface area contributed by atoms with E-state index in [1.165, 1.54) is 18.2 Å². The highest BCUT2D eigenvalue weighted by Gasteiger charge is 2.22. The van der Waals surface area contributed by atoms with E-state index in [1.54, 1.807) is 34.4 Å². The largest absolute Gasteiger partial charge is 0.353 e. The quantitative estimate of drug-likeness (QED) is 0.819. The Labute approximate surface area is 156 Å². The molecule has 0 unspecified atom stereocenters. The van der Waals surface area contributed by atoms with E-state index in [9.17, 15) is 14.0 Å². The van der Waals surface area contributed by atoms with E-state index < -0.39 is 0 Å². The summed E-state index contributed by atoms with van der Waals surface area (Å²) in [5.74, 6) is -0.317. The number of rotatable bonds is 5. The fourth-order valence-electron chi connectivity index (χ4n) is 2.94. The van der Waals surface area contributed by atoms with Crippen molar-refractivity contribution < 1.29 is 14.0 Å². The number of carbonyl (C=O) groups is 2. The van der Waals surface area contributed by atoms with E-state index in [0.29, 0.717) is 19.5 Å². The second kappa shape index (κ2) is 8.76. The third-order valence-corrected chi connectivity index (χ3v) is 5.25. The molecule has 1 saturated heterocycles. The molecule has 1 aromatic carbocycles. The summed E-state index contributed by atoms with van der Waals surface area (Å²) in [5.41, 5.74) is 0.787. The standard InChI is InChI=1S/C20H21FN2O2S/c21-16-6-3-15(4-7-16)5-8-20(25)23-11-9-17(10-12-23)22-19(24)14-18-2-1-13-26-18/h1-8,13,17H,9-12,14H2,(H,22,24)/b8-5+. The van der Waals surface area contributed by atoms with E-state index in [1.807, 2.05) is 17.5 Å². The van der Waals surface area contributed by atoms with E-state index >= 15 is 0 Å². The van der Waals surface area contributed by atoms with Crippen LogP contribution < -0.4 is 5.32 Å². The number of piperidine rings is 1. The van der Waals surface area contributed by atoms with Crippen molar-refractivity contribution in [3.63, 3.8) is 0 Å². The molecule has 1 fully saturated rings. The second-order valence-electron chi connectivity index (χ2n) is 6.31. The van der Waals surface area contributed by atoms with Crippen LogP contribution in [0.15, 0.2) is 47.9 Å². The lowest BCUT2D eigenvalue weighted by molar-refractivity contribution is -0.127. The lowest BCUT2D eigenvalue weighted by Gasteiger charge is -2.31. The smallest absolute Gasteiger partial charge is 0.246 e. The predicted octanol–water partition coefficient (Wildman–Crippen LogP) is 3.25. The van der Waals surface area contributed by atoms with Crippen molar-refractivity contribution in [1.29, 1.82) is 0 Å². The van der Waals surface area contributed by atoms with E-state index in [4.69, 9.17) is 0 Å². The molecule has 1 N–H and O–H groups in total. The van der Waals surface area contributed by atoms with Crippen molar-refractivity contribution >= 4 is 29.2 Å². The highest BCUT2D eigenvalue weighted by atomic mass is 32.1. The maximum Gasteiger partial charge on any atom is 0.246 e. The summed E-state index contributed by atoms with van der Waals surface area (Å²) < 4.78 is 12.9. The Bertz CT molecular complexity index is 764. The van der Waals surface area contributed by atoms with Crippen LogP contribution in [-0.4, -0.2) is 35.8 Å².